The highest BCUT2D eigenvalue weighted by Gasteiger charge is 2.28. The molecule has 24 heavy (non-hydrogen) atoms. The van der Waals surface area contributed by atoms with Crippen molar-refractivity contribution in [2.45, 2.75) is 58.5 Å². The van der Waals surface area contributed by atoms with Gasteiger partial charge in [0.2, 0.25) is 0 Å². The molecule has 1 aromatic rings. The second-order valence-corrected chi connectivity index (χ2v) is 8.38. The van der Waals surface area contributed by atoms with E-state index in [0.717, 1.165) is 37.7 Å². The molecule has 1 aliphatic carbocycles. The van der Waals surface area contributed by atoms with Crippen molar-refractivity contribution in [1.29, 1.82) is 0 Å². The molecule has 130 valence electrons. The zero-order chi connectivity index (χ0) is 17.6. The molecule has 2 unspecified atom stereocenters. The smallest absolute Gasteiger partial charge is 0.125 e. The lowest BCUT2D eigenvalue weighted by Gasteiger charge is -2.13. The van der Waals surface area contributed by atoms with Crippen LogP contribution >= 0.6 is 8.81 Å². The molecule has 0 radical (unpaired) electrons. The molecule has 1 aromatic carbocycles. The summed E-state index contributed by atoms with van der Waals surface area (Å²) >= 11 is 0. The van der Waals surface area contributed by atoms with Crippen molar-refractivity contribution in [3.05, 3.63) is 46.3 Å². The van der Waals surface area contributed by atoms with E-state index < -0.39 is 5.60 Å². The van der Waals surface area contributed by atoms with Gasteiger partial charge in [0.25, 0.3) is 0 Å². The Balaban J connectivity index is 2.04. The largest absolute Gasteiger partial charge is 0.378 e. The second-order valence-electron chi connectivity index (χ2n) is 6.98. The molecule has 0 saturated heterocycles. The molecule has 0 bridgehead atoms. The number of rotatable bonds is 5. The fourth-order valence-corrected chi connectivity index (χ4v) is 3.99. The van der Waals surface area contributed by atoms with E-state index in [9.17, 15) is 5.11 Å². The number of allylic oxidation sites excluding steroid dienone is 2. The molecule has 0 aromatic heterocycles. The molecule has 0 aliphatic heterocycles. The molecule has 1 aliphatic rings. The van der Waals surface area contributed by atoms with E-state index in [1.807, 2.05) is 0 Å². The van der Waals surface area contributed by atoms with Gasteiger partial charge in [0, 0.05) is 21.5 Å². The van der Waals surface area contributed by atoms with Crippen LogP contribution in [0, 0.1) is 24.7 Å². The van der Waals surface area contributed by atoms with E-state index in [1.54, 1.807) is 7.11 Å². The van der Waals surface area contributed by atoms with Crippen LogP contribution in [0.5, 0.6) is 0 Å². The lowest BCUT2D eigenvalue weighted by Crippen LogP contribution is -2.20. The van der Waals surface area contributed by atoms with Gasteiger partial charge in [-0.25, -0.2) is 0 Å². The van der Waals surface area contributed by atoms with Gasteiger partial charge in [0.1, 0.15) is 5.60 Å². The van der Waals surface area contributed by atoms with Crippen LogP contribution in [0.15, 0.2) is 29.6 Å². The zero-order valence-electron chi connectivity index (χ0n) is 15.3. The third-order valence-corrected chi connectivity index (χ3v) is 5.20. The molecular weight excluding hydrogens is 315 g/mol. The Hall–Kier alpha value is -1.13. The standard InChI is InChI=1S/C21H29O2P/c1-16(13-18(3)24-23-4)14-19-7-8-20(17(2)15-19)9-12-21(22)10-5-6-11-21/h7-8,13,15-16,22,24H,5-6,10-11,14H2,1-4H3/b18-13-. The first-order valence-electron chi connectivity index (χ1n) is 8.74. The molecule has 0 spiro atoms. The SMILES string of the molecule is COP/C(C)=C\C(C)Cc1ccc(C#CC2(O)CCCC2)c(C)c1. The van der Waals surface area contributed by atoms with Crippen LogP contribution < -0.4 is 0 Å². The van der Waals surface area contributed by atoms with E-state index in [2.05, 4.69) is 56.9 Å². The van der Waals surface area contributed by atoms with Crippen molar-refractivity contribution in [3.8, 4) is 11.8 Å². The molecule has 1 fully saturated rings. The lowest BCUT2D eigenvalue weighted by atomic mass is 9.96. The van der Waals surface area contributed by atoms with Gasteiger partial charge in [-0.05, 0) is 74.4 Å². The number of hydrogen-bond donors (Lipinski definition) is 1. The van der Waals surface area contributed by atoms with Crippen molar-refractivity contribution in [3.63, 3.8) is 0 Å². The highest BCUT2D eigenvalue weighted by Crippen LogP contribution is 2.29. The number of benzene rings is 1. The number of hydrogen-bond acceptors (Lipinski definition) is 2. The summed E-state index contributed by atoms with van der Waals surface area (Å²) in [4.78, 5) is 0. The van der Waals surface area contributed by atoms with Gasteiger partial charge >= 0.3 is 0 Å². The zero-order valence-corrected chi connectivity index (χ0v) is 16.3. The molecule has 1 saturated carbocycles. The normalized spacial score (nSPS) is 18.6. The Morgan fingerprint density at radius 2 is 2.12 bits per heavy atom. The lowest BCUT2D eigenvalue weighted by molar-refractivity contribution is 0.110. The predicted molar refractivity (Wildman–Crippen MR) is 103 cm³/mol. The van der Waals surface area contributed by atoms with E-state index in [-0.39, 0.29) is 0 Å². The van der Waals surface area contributed by atoms with Gasteiger partial charge in [-0.3, -0.25) is 0 Å². The third kappa shape index (κ3) is 5.75. The first-order chi connectivity index (χ1) is 11.4. The van der Waals surface area contributed by atoms with Crippen LogP contribution in [-0.4, -0.2) is 17.8 Å². The fraction of sp³-hybridized carbons (Fsp3) is 0.524. The monoisotopic (exact) mass is 344 g/mol. The maximum absolute atomic E-state index is 10.4. The minimum absolute atomic E-state index is 0.456. The third-order valence-electron chi connectivity index (χ3n) is 4.51. The van der Waals surface area contributed by atoms with Gasteiger partial charge in [0.05, 0.1) is 0 Å². The van der Waals surface area contributed by atoms with E-state index in [1.165, 1.54) is 16.4 Å². The van der Waals surface area contributed by atoms with Gasteiger partial charge in [-0.15, -0.1) is 0 Å². The molecule has 3 heteroatoms. The average Bonchev–Trinajstić information content (AvgIpc) is 2.93. The van der Waals surface area contributed by atoms with E-state index >= 15 is 0 Å². The van der Waals surface area contributed by atoms with Gasteiger partial charge in [-0.1, -0.05) is 37.0 Å². The van der Waals surface area contributed by atoms with Crippen LogP contribution in [-0.2, 0) is 10.9 Å². The van der Waals surface area contributed by atoms with Gasteiger partial charge in [-0.2, -0.15) is 0 Å². The highest BCUT2D eigenvalue weighted by molar-refractivity contribution is 7.37. The topological polar surface area (TPSA) is 29.5 Å². The number of aryl methyl sites for hydroxylation is 1. The molecule has 0 amide bonds. The quantitative estimate of drug-likeness (QED) is 0.603. The van der Waals surface area contributed by atoms with Crippen LogP contribution in [0.25, 0.3) is 0 Å². The maximum Gasteiger partial charge on any atom is 0.125 e. The first kappa shape index (κ1) is 19.2. The number of aliphatic hydroxyl groups is 1. The molecule has 2 nitrogen and oxygen atoms in total. The Labute approximate surface area is 148 Å². The van der Waals surface area contributed by atoms with Crippen LogP contribution in [0.2, 0.25) is 0 Å². The Morgan fingerprint density at radius 3 is 2.75 bits per heavy atom. The van der Waals surface area contributed by atoms with Crippen LogP contribution in [0.3, 0.4) is 0 Å². The molecule has 2 rings (SSSR count). The minimum Gasteiger partial charge on any atom is -0.378 e. The Kier molecular flexibility index (Phi) is 7.05. The summed E-state index contributed by atoms with van der Waals surface area (Å²) in [5.41, 5.74) is 2.78. The van der Waals surface area contributed by atoms with Gasteiger partial charge < -0.3 is 9.63 Å². The summed E-state index contributed by atoms with van der Waals surface area (Å²) in [5, 5.41) is 11.7. The van der Waals surface area contributed by atoms with Crippen molar-refractivity contribution < 1.29 is 9.63 Å². The van der Waals surface area contributed by atoms with Crippen LogP contribution in [0.4, 0.5) is 0 Å². The fourth-order valence-electron chi connectivity index (χ4n) is 3.31. The summed E-state index contributed by atoms with van der Waals surface area (Å²) < 4.78 is 5.19. The highest BCUT2D eigenvalue weighted by atomic mass is 31.1. The molecule has 0 heterocycles. The Morgan fingerprint density at radius 1 is 1.42 bits per heavy atom. The summed E-state index contributed by atoms with van der Waals surface area (Å²) in [6.07, 6.45) is 7.09. The molecule has 1 N–H and O–H groups in total. The summed E-state index contributed by atoms with van der Waals surface area (Å²) in [7, 11) is 2.20. The van der Waals surface area contributed by atoms with Crippen molar-refractivity contribution in [2.24, 2.45) is 5.92 Å². The average molecular weight is 344 g/mol. The van der Waals surface area contributed by atoms with Crippen molar-refractivity contribution >= 4 is 8.81 Å². The first-order valence-corrected chi connectivity index (χ1v) is 9.65. The summed E-state index contributed by atoms with van der Waals surface area (Å²) in [5.74, 6) is 6.79. The summed E-state index contributed by atoms with van der Waals surface area (Å²) in [6.45, 7) is 6.46. The van der Waals surface area contributed by atoms with Crippen LogP contribution in [0.1, 0.15) is 56.2 Å². The molecular formula is C21H29O2P. The second kappa shape index (κ2) is 8.82. The van der Waals surface area contributed by atoms with Crippen molar-refractivity contribution in [1.82, 2.24) is 0 Å². The maximum atomic E-state index is 10.4. The minimum atomic E-state index is -0.760. The Bertz CT molecular complexity index is 646. The van der Waals surface area contributed by atoms with Crippen molar-refractivity contribution in [2.75, 3.05) is 7.11 Å². The molecule has 2 atom stereocenters. The van der Waals surface area contributed by atoms with E-state index in [0.29, 0.717) is 14.7 Å². The van der Waals surface area contributed by atoms with Gasteiger partial charge in [0.15, 0.2) is 0 Å². The van der Waals surface area contributed by atoms with E-state index in [4.69, 9.17) is 4.52 Å². The predicted octanol–water partition coefficient (Wildman–Crippen LogP) is 4.97. The summed E-state index contributed by atoms with van der Waals surface area (Å²) in [6, 6.07) is 6.48.